The van der Waals surface area contributed by atoms with Gasteiger partial charge in [0.15, 0.2) is 17.6 Å². The number of ether oxygens (including phenoxy) is 3. The van der Waals surface area contributed by atoms with Gasteiger partial charge >= 0.3 is 5.97 Å². The molecule has 1 heterocycles. The van der Waals surface area contributed by atoms with Crippen LogP contribution >= 0.6 is 11.8 Å². The molecular weight excluding hydrogens is 446 g/mol. The number of thioether (sulfide) groups is 1. The van der Waals surface area contributed by atoms with Crippen LogP contribution in [0.5, 0.6) is 17.2 Å². The molecule has 1 aliphatic rings. The summed E-state index contributed by atoms with van der Waals surface area (Å²) < 4.78 is 16.6. The molecule has 2 amide bonds. The Morgan fingerprint density at radius 1 is 1.03 bits per heavy atom. The summed E-state index contributed by atoms with van der Waals surface area (Å²) in [5.74, 6) is -0.179. The van der Waals surface area contributed by atoms with Gasteiger partial charge in [-0.15, -0.1) is 0 Å². The first-order valence-corrected chi connectivity index (χ1v) is 11.4. The van der Waals surface area contributed by atoms with Crippen molar-refractivity contribution in [3.63, 3.8) is 0 Å². The van der Waals surface area contributed by atoms with Crippen molar-refractivity contribution in [3.05, 3.63) is 52.9 Å². The molecule has 8 nitrogen and oxygen atoms in total. The van der Waals surface area contributed by atoms with Crippen molar-refractivity contribution in [3.8, 4) is 17.2 Å². The number of carboxylic acid groups (broad SMARTS) is 1. The Bertz CT molecular complexity index is 1060. The van der Waals surface area contributed by atoms with Crippen molar-refractivity contribution in [2.45, 2.75) is 33.3 Å². The fourth-order valence-electron chi connectivity index (χ4n) is 3.14. The minimum atomic E-state index is -1.06. The highest BCUT2D eigenvalue weighted by Gasteiger charge is 2.36. The predicted octanol–water partition coefficient (Wildman–Crippen LogP) is 4.97. The number of anilines is 1. The average Bonchev–Trinajstić information content (AvgIpc) is 3.06. The molecule has 174 valence electrons. The molecule has 0 spiro atoms. The standard InChI is InChI=1S/C24H25NO7S/c1-4-18(23(27)28)32-19-12-7-15(13-20(19)31-6-3)14-21-22(26)25(24(29)33-21)16-8-10-17(11-9-16)30-5-2/h7-14,18H,4-6H2,1-3H3,(H,27,28)/b21-14+. The van der Waals surface area contributed by atoms with Gasteiger partial charge in [-0.2, -0.15) is 0 Å². The Morgan fingerprint density at radius 3 is 2.33 bits per heavy atom. The molecule has 0 aromatic heterocycles. The van der Waals surface area contributed by atoms with Crippen molar-refractivity contribution in [2.24, 2.45) is 0 Å². The zero-order valence-electron chi connectivity index (χ0n) is 18.6. The first-order valence-electron chi connectivity index (χ1n) is 10.5. The van der Waals surface area contributed by atoms with Crippen LogP contribution in [0, 0.1) is 0 Å². The fraction of sp³-hybridized carbons (Fsp3) is 0.292. The summed E-state index contributed by atoms with van der Waals surface area (Å²) >= 11 is 0.845. The second kappa shape index (κ2) is 10.9. The second-order valence-corrected chi connectivity index (χ2v) is 7.93. The second-order valence-electron chi connectivity index (χ2n) is 6.94. The van der Waals surface area contributed by atoms with Gasteiger partial charge < -0.3 is 19.3 Å². The lowest BCUT2D eigenvalue weighted by molar-refractivity contribution is -0.145. The molecule has 1 unspecified atom stereocenters. The quantitative estimate of drug-likeness (QED) is 0.485. The van der Waals surface area contributed by atoms with E-state index in [0.29, 0.717) is 48.1 Å². The molecule has 1 fully saturated rings. The highest BCUT2D eigenvalue weighted by molar-refractivity contribution is 8.19. The van der Waals surface area contributed by atoms with E-state index in [1.54, 1.807) is 62.4 Å². The number of aliphatic carboxylic acids is 1. The molecule has 1 atom stereocenters. The van der Waals surface area contributed by atoms with Crippen LogP contribution in [-0.4, -0.2) is 41.5 Å². The Balaban J connectivity index is 1.84. The SMILES string of the molecule is CCOc1ccc(N2C(=O)S/C(=C/c3ccc(OC(CC)C(=O)O)c(OCC)c3)C2=O)cc1. The molecule has 1 aliphatic heterocycles. The monoisotopic (exact) mass is 471 g/mol. The molecule has 2 aromatic rings. The zero-order valence-corrected chi connectivity index (χ0v) is 19.4. The lowest BCUT2D eigenvalue weighted by Crippen LogP contribution is -2.27. The number of rotatable bonds is 10. The molecule has 0 bridgehead atoms. The van der Waals surface area contributed by atoms with Gasteiger partial charge in [-0.05, 0) is 80.1 Å². The number of carboxylic acids is 1. The van der Waals surface area contributed by atoms with E-state index in [4.69, 9.17) is 14.2 Å². The summed E-state index contributed by atoms with van der Waals surface area (Å²) in [7, 11) is 0. The van der Waals surface area contributed by atoms with Crippen LogP contribution in [0.15, 0.2) is 47.4 Å². The van der Waals surface area contributed by atoms with Gasteiger partial charge in [-0.1, -0.05) is 13.0 Å². The number of carbonyl (C=O) groups excluding carboxylic acids is 2. The summed E-state index contributed by atoms with van der Waals surface area (Å²) in [6.45, 7) is 6.25. The fourth-order valence-corrected chi connectivity index (χ4v) is 3.98. The van der Waals surface area contributed by atoms with E-state index in [2.05, 4.69) is 0 Å². The molecule has 33 heavy (non-hydrogen) atoms. The van der Waals surface area contributed by atoms with Crippen LogP contribution in [0.2, 0.25) is 0 Å². The van der Waals surface area contributed by atoms with E-state index < -0.39 is 23.2 Å². The van der Waals surface area contributed by atoms with Gasteiger partial charge in [0.1, 0.15) is 5.75 Å². The minimum absolute atomic E-state index is 0.266. The van der Waals surface area contributed by atoms with E-state index in [1.165, 1.54) is 0 Å². The van der Waals surface area contributed by atoms with Crippen molar-refractivity contribution in [1.29, 1.82) is 0 Å². The Morgan fingerprint density at radius 2 is 1.73 bits per heavy atom. The summed E-state index contributed by atoms with van der Waals surface area (Å²) in [4.78, 5) is 38.2. The first kappa shape index (κ1) is 24.2. The maximum Gasteiger partial charge on any atom is 0.344 e. The third-order valence-corrected chi connectivity index (χ3v) is 5.55. The Hall–Kier alpha value is -3.46. The van der Waals surface area contributed by atoms with Gasteiger partial charge in [-0.3, -0.25) is 9.59 Å². The Labute approximate surface area is 196 Å². The molecule has 3 rings (SSSR count). The third kappa shape index (κ3) is 5.67. The van der Waals surface area contributed by atoms with Crippen molar-refractivity contribution in [2.75, 3.05) is 18.1 Å². The Kier molecular flexibility index (Phi) is 8.00. The van der Waals surface area contributed by atoms with E-state index in [1.807, 2.05) is 6.92 Å². The summed E-state index contributed by atoms with van der Waals surface area (Å²) in [6.07, 6.45) is 0.891. The normalized spacial score (nSPS) is 15.6. The van der Waals surface area contributed by atoms with Crippen LogP contribution < -0.4 is 19.1 Å². The average molecular weight is 472 g/mol. The highest BCUT2D eigenvalue weighted by atomic mass is 32.2. The highest BCUT2D eigenvalue weighted by Crippen LogP contribution is 2.37. The van der Waals surface area contributed by atoms with E-state index in [9.17, 15) is 19.5 Å². The van der Waals surface area contributed by atoms with E-state index in [-0.39, 0.29) is 4.91 Å². The van der Waals surface area contributed by atoms with Gasteiger partial charge in [0.05, 0.1) is 23.8 Å². The summed E-state index contributed by atoms with van der Waals surface area (Å²) in [6, 6.07) is 11.7. The van der Waals surface area contributed by atoms with Crippen LogP contribution in [0.3, 0.4) is 0 Å². The predicted molar refractivity (Wildman–Crippen MR) is 126 cm³/mol. The van der Waals surface area contributed by atoms with Crippen LogP contribution in [0.25, 0.3) is 6.08 Å². The summed E-state index contributed by atoms with van der Waals surface area (Å²) in [5.41, 5.74) is 1.08. The molecule has 1 N–H and O–H groups in total. The number of hydrogen-bond donors (Lipinski definition) is 1. The van der Waals surface area contributed by atoms with Crippen LogP contribution in [-0.2, 0) is 9.59 Å². The van der Waals surface area contributed by atoms with Gasteiger partial charge in [-0.25, -0.2) is 9.69 Å². The number of nitrogens with zero attached hydrogens (tertiary/aromatic N) is 1. The van der Waals surface area contributed by atoms with Crippen LogP contribution in [0.4, 0.5) is 10.5 Å². The zero-order chi connectivity index (χ0) is 24.0. The number of imide groups is 1. The molecule has 9 heteroatoms. The minimum Gasteiger partial charge on any atom is -0.494 e. The van der Waals surface area contributed by atoms with Crippen molar-refractivity contribution in [1.82, 2.24) is 0 Å². The third-order valence-electron chi connectivity index (χ3n) is 4.68. The van der Waals surface area contributed by atoms with Crippen molar-refractivity contribution >= 4 is 40.6 Å². The number of hydrogen-bond acceptors (Lipinski definition) is 7. The van der Waals surface area contributed by atoms with Crippen molar-refractivity contribution < 1.29 is 33.7 Å². The molecule has 0 saturated carbocycles. The van der Waals surface area contributed by atoms with Gasteiger partial charge in [0.25, 0.3) is 11.1 Å². The van der Waals surface area contributed by atoms with E-state index in [0.717, 1.165) is 16.7 Å². The number of amides is 2. The lowest BCUT2D eigenvalue weighted by Gasteiger charge is -2.17. The number of carbonyl (C=O) groups is 3. The van der Waals surface area contributed by atoms with Gasteiger partial charge in [0, 0.05) is 0 Å². The molecular formula is C24H25NO7S. The summed E-state index contributed by atoms with van der Waals surface area (Å²) in [5, 5.41) is 8.86. The number of benzene rings is 2. The smallest absolute Gasteiger partial charge is 0.344 e. The lowest BCUT2D eigenvalue weighted by atomic mass is 10.1. The largest absolute Gasteiger partial charge is 0.494 e. The first-order chi connectivity index (χ1) is 15.9. The van der Waals surface area contributed by atoms with Gasteiger partial charge in [0.2, 0.25) is 0 Å². The molecule has 1 saturated heterocycles. The molecule has 0 radical (unpaired) electrons. The maximum atomic E-state index is 12.9. The van der Waals surface area contributed by atoms with E-state index >= 15 is 0 Å². The maximum absolute atomic E-state index is 12.9. The molecule has 2 aromatic carbocycles. The molecule has 0 aliphatic carbocycles. The van der Waals surface area contributed by atoms with Crippen LogP contribution in [0.1, 0.15) is 32.8 Å². The topological polar surface area (TPSA) is 102 Å².